The number of hydrogen-bond acceptors (Lipinski definition) is 3. The smallest absolute Gasteiger partial charge is 0.0960 e. The van der Waals surface area contributed by atoms with Gasteiger partial charge in [0.15, 0.2) is 0 Å². The van der Waals surface area contributed by atoms with E-state index in [1.807, 2.05) is 31.4 Å². The van der Waals surface area contributed by atoms with Crippen molar-refractivity contribution in [3.63, 3.8) is 0 Å². The summed E-state index contributed by atoms with van der Waals surface area (Å²) in [5, 5.41) is 4.19. The molecular weight excluding hydrogens is 192 g/mol. The summed E-state index contributed by atoms with van der Waals surface area (Å²) in [6.07, 6.45) is 1.82. The molecule has 0 aromatic carbocycles. The van der Waals surface area contributed by atoms with Crippen molar-refractivity contribution in [2.24, 2.45) is 0 Å². The molecule has 4 heteroatoms. The maximum atomic E-state index is 4.19. The first-order valence-electron chi connectivity index (χ1n) is 3.62. The van der Waals surface area contributed by atoms with E-state index >= 15 is 0 Å². The number of halogens is 1. The van der Waals surface area contributed by atoms with Gasteiger partial charge in [0.2, 0.25) is 0 Å². The van der Waals surface area contributed by atoms with Crippen LogP contribution < -0.4 is 5.32 Å². The third-order valence-corrected chi connectivity index (χ3v) is 2.19. The molecule has 0 aliphatic rings. The highest BCUT2D eigenvalue weighted by atomic mass is 35.5. The molecule has 0 spiro atoms. The van der Waals surface area contributed by atoms with E-state index in [-0.39, 0.29) is 12.4 Å². The number of aromatic nitrogens is 1. The number of nitrogens with one attached hydrogen (secondary N) is 1. The highest BCUT2D eigenvalue weighted by Gasteiger charge is 1.90. The van der Waals surface area contributed by atoms with E-state index < -0.39 is 0 Å². The molecule has 0 saturated carbocycles. The fourth-order valence-corrected chi connectivity index (χ4v) is 1.52. The molecule has 0 amide bonds. The molecule has 68 valence electrons. The van der Waals surface area contributed by atoms with Gasteiger partial charge in [-0.15, -0.1) is 24.2 Å². The molecule has 0 atom stereocenters. The van der Waals surface area contributed by atoms with Crippen molar-refractivity contribution in [2.75, 3.05) is 19.3 Å². The molecule has 0 radical (unpaired) electrons. The Balaban J connectivity index is 0.00000121. The lowest BCUT2D eigenvalue weighted by Crippen LogP contribution is -2.09. The summed E-state index contributed by atoms with van der Waals surface area (Å²) >= 11 is 1.77. The minimum absolute atomic E-state index is 0. The van der Waals surface area contributed by atoms with Crippen LogP contribution >= 0.6 is 24.2 Å². The van der Waals surface area contributed by atoms with Crippen LogP contribution in [0.4, 0.5) is 0 Å². The van der Waals surface area contributed by atoms with Gasteiger partial charge in [0, 0.05) is 18.5 Å². The van der Waals surface area contributed by atoms with E-state index in [0.29, 0.717) is 0 Å². The van der Waals surface area contributed by atoms with Crippen molar-refractivity contribution < 1.29 is 0 Å². The van der Waals surface area contributed by atoms with Crippen LogP contribution in [0.15, 0.2) is 29.4 Å². The van der Waals surface area contributed by atoms with Crippen LogP contribution in [-0.4, -0.2) is 24.3 Å². The first-order chi connectivity index (χ1) is 5.43. The molecule has 0 aliphatic heterocycles. The molecule has 1 heterocycles. The minimum Gasteiger partial charge on any atom is -0.319 e. The summed E-state index contributed by atoms with van der Waals surface area (Å²) in [7, 11) is 1.96. The lowest BCUT2D eigenvalue weighted by molar-refractivity contribution is 0.871. The molecular formula is C8H13ClN2S. The van der Waals surface area contributed by atoms with Crippen LogP contribution in [0.2, 0.25) is 0 Å². The van der Waals surface area contributed by atoms with Crippen LogP contribution in [-0.2, 0) is 0 Å². The molecule has 12 heavy (non-hydrogen) atoms. The Morgan fingerprint density at radius 3 is 2.92 bits per heavy atom. The molecule has 2 nitrogen and oxygen atoms in total. The van der Waals surface area contributed by atoms with E-state index in [1.165, 1.54) is 0 Å². The summed E-state index contributed by atoms with van der Waals surface area (Å²) in [6.45, 7) is 1.03. The van der Waals surface area contributed by atoms with Gasteiger partial charge < -0.3 is 5.32 Å². The number of thioether (sulfide) groups is 1. The SMILES string of the molecule is CNCCSc1ccccn1.Cl. The maximum Gasteiger partial charge on any atom is 0.0960 e. The van der Waals surface area contributed by atoms with Gasteiger partial charge in [-0.1, -0.05) is 6.07 Å². The van der Waals surface area contributed by atoms with E-state index in [9.17, 15) is 0 Å². The third-order valence-electron chi connectivity index (χ3n) is 1.24. The Hall–Kier alpha value is -0.250. The van der Waals surface area contributed by atoms with Gasteiger partial charge >= 0.3 is 0 Å². The lowest BCUT2D eigenvalue weighted by Gasteiger charge is -1.98. The first kappa shape index (κ1) is 11.8. The molecule has 0 bridgehead atoms. The Bertz CT molecular complexity index is 194. The van der Waals surface area contributed by atoms with E-state index in [1.54, 1.807) is 11.8 Å². The van der Waals surface area contributed by atoms with E-state index in [0.717, 1.165) is 17.3 Å². The van der Waals surface area contributed by atoms with Crippen LogP contribution in [0.5, 0.6) is 0 Å². The molecule has 1 N–H and O–H groups in total. The van der Waals surface area contributed by atoms with E-state index in [2.05, 4.69) is 10.3 Å². The molecule has 1 aromatic heterocycles. The first-order valence-corrected chi connectivity index (χ1v) is 4.60. The summed E-state index contributed by atoms with van der Waals surface area (Å²) in [6, 6.07) is 5.97. The summed E-state index contributed by atoms with van der Waals surface area (Å²) in [5.74, 6) is 1.08. The van der Waals surface area contributed by atoms with Gasteiger partial charge in [-0.05, 0) is 19.2 Å². The third kappa shape index (κ3) is 4.59. The van der Waals surface area contributed by atoms with Gasteiger partial charge in [-0.3, -0.25) is 0 Å². The van der Waals surface area contributed by atoms with Gasteiger partial charge in [0.1, 0.15) is 0 Å². The molecule has 0 aliphatic carbocycles. The highest BCUT2D eigenvalue weighted by molar-refractivity contribution is 7.99. The van der Waals surface area contributed by atoms with Crippen molar-refractivity contribution in [1.82, 2.24) is 10.3 Å². The molecule has 0 saturated heterocycles. The predicted molar refractivity (Wildman–Crippen MR) is 56.1 cm³/mol. The fourth-order valence-electron chi connectivity index (χ4n) is 0.690. The molecule has 0 unspecified atom stereocenters. The van der Waals surface area contributed by atoms with Crippen LogP contribution in [0.25, 0.3) is 0 Å². The average Bonchev–Trinajstić information content (AvgIpc) is 2.07. The Labute approximate surface area is 83.6 Å². The molecule has 1 rings (SSSR count). The van der Waals surface area contributed by atoms with Crippen molar-refractivity contribution in [1.29, 1.82) is 0 Å². The zero-order valence-electron chi connectivity index (χ0n) is 6.99. The van der Waals surface area contributed by atoms with Crippen molar-refractivity contribution in [3.05, 3.63) is 24.4 Å². The van der Waals surface area contributed by atoms with Crippen LogP contribution in [0, 0.1) is 0 Å². The largest absolute Gasteiger partial charge is 0.319 e. The van der Waals surface area contributed by atoms with Crippen LogP contribution in [0.3, 0.4) is 0 Å². The second-order valence-electron chi connectivity index (χ2n) is 2.12. The fraction of sp³-hybridized carbons (Fsp3) is 0.375. The number of nitrogens with zero attached hydrogens (tertiary/aromatic N) is 1. The summed E-state index contributed by atoms with van der Waals surface area (Å²) < 4.78 is 0. The monoisotopic (exact) mass is 204 g/mol. The maximum absolute atomic E-state index is 4.19. The summed E-state index contributed by atoms with van der Waals surface area (Å²) in [5.41, 5.74) is 0. The molecule has 1 aromatic rings. The topological polar surface area (TPSA) is 24.9 Å². The molecule has 0 fully saturated rings. The predicted octanol–water partition coefficient (Wildman–Crippen LogP) is 1.81. The standard InChI is InChI=1S/C8H12N2S.ClH/c1-9-6-7-11-8-4-2-3-5-10-8;/h2-5,9H,6-7H2,1H3;1H. The zero-order chi connectivity index (χ0) is 7.94. The van der Waals surface area contributed by atoms with Gasteiger partial charge in [-0.25, -0.2) is 4.98 Å². The van der Waals surface area contributed by atoms with Gasteiger partial charge in [0.05, 0.1) is 5.03 Å². The van der Waals surface area contributed by atoms with Gasteiger partial charge in [0.25, 0.3) is 0 Å². The Kier molecular flexibility index (Phi) is 7.25. The van der Waals surface area contributed by atoms with Crippen molar-refractivity contribution in [2.45, 2.75) is 5.03 Å². The van der Waals surface area contributed by atoms with Crippen molar-refractivity contribution in [3.8, 4) is 0 Å². The average molecular weight is 205 g/mol. The second-order valence-corrected chi connectivity index (χ2v) is 3.24. The number of rotatable bonds is 4. The Morgan fingerprint density at radius 2 is 2.33 bits per heavy atom. The normalized spacial score (nSPS) is 9.08. The van der Waals surface area contributed by atoms with E-state index in [4.69, 9.17) is 0 Å². The van der Waals surface area contributed by atoms with Gasteiger partial charge in [-0.2, -0.15) is 0 Å². The lowest BCUT2D eigenvalue weighted by atomic mass is 10.5. The Morgan fingerprint density at radius 1 is 1.50 bits per heavy atom. The van der Waals surface area contributed by atoms with Crippen molar-refractivity contribution >= 4 is 24.2 Å². The second kappa shape index (κ2) is 7.40. The number of hydrogen-bond donors (Lipinski definition) is 1. The van der Waals surface area contributed by atoms with Crippen LogP contribution in [0.1, 0.15) is 0 Å². The highest BCUT2D eigenvalue weighted by Crippen LogP contribution is 2.12. The quantitative estimate of drug-likeness (QED) is 0.598. The minimum atomic E-state index is 0. The summed E-state index contributed by atoms with van der Waals surface area (Å²) in [4.78, 5) is 4.19. The number of pyridine rings is 1. The zero-order valence-corrected chi connectivity index (χ0v) is 8.62.